The number of carbonyl (C=O) groups excluding carboxylic acids is 1. The van der Waals surface area contributed by atoms with Crippen LogP contribution in [0.3, 0.4) is 0 Å². The molecule has 0 saturated heterocycles. The van der Waals surface area contributed by atoms with Gasteiger partial charge in [0.25, 0.3) is 0 Å². The topological polar surface area (TPSA) is 46.3 Å². The molecule has 0 aromatic rings. The first-order valence-corrected chi connectivity index (χ1v) is 5.22. The third kappa shape index (κ3) is 2.45. The molecule has 1 aliphatic carbocycles. The molecule has 16 heavy (non-hydrogen) atoms. The van der Waals surface area contributed by atoms with Gasteiger partial charge in [0.1, 0.15) is 6.54 Å². The Morgan fingerprint density at radius 3 is 2.25 bits per heavy atom. The maximum absolute atomic E-state index is 12.1. The Labute approximate surface area is 96.8 Å². The fraction of sp³-hybridized carbons (Fsp3) is 0.778. The van der Waals surface area contributed by atoms with E-state index in [2.05, 4.69) is 0 Å². The lowest BCUT2D eigenvalue weighted by Gasteiger charge is -2.41. The third-order valence-corrected chi connectivity index (χ3v) is 3.24. The molecule has 0 atom stereocenters. The van der Waals surface area contributed by atoms with E-state index in [1.165, 1.54) is 0 Å². The van der Waals surface area contributed by atoms with Crippen LogP contribution < -0.4 is 5.73 Å². The predicted molar refractivity (Wildman–Crippen MR) is 56.8 cm³/mol. The Balaban J connectivity index is 2.73. The Hall–Kier alpha value is -0.850. The number of hydrogen-bond donors (Lipinski definition) is 1. The Morgan fingerprint density at radius 1 is 1.50 bits per heavy atom. The highest BCUT2D eigenvalue weighted by Crippen LogP contribution is 2.43. The van der Waals surface area contributed by atoms with Crippen molar-refractivity contribution in [2.45, 2.75) is 25.4 Å². The Kier molecular flexibility index (Phi) is 3.47. The van der Waals surface area contributed by atoms with Crippen LogP contribution in [0, 0.1) is 5.41 Å². The summed E-state index contributed by atoms with van der Waals surface area (Å²) in [4.78, 5) is 12.5. The summed E-state index contributed by atoms with van der Waals surface area (Å²) in [6.07, 6.45) is -2.73. The van der Waals surface area contributed by atoms with Crippen molar-refractivity contribution in [2.75, 3.05) is 13.6 Å². The first-order chi connectivity index (χ1) is 7.19. The molecule has 3 nitrogen and oxygen atoms in total. The molecule has 7 heteroatoms. The predicted octanol–water partition coefficient (Wildman–Crippen LogP) is 1.46. The molecule has 0 spiro atoms. The zero-order chi connectivity index (χ0) is 12.6. The maximum Gasteiger partial charge on any atom is 0.406 e. The summed E-state index contributed by atoms with van der Waals surface area (Å²) in [7, 11) is 1.12. The molecular formula is C9H13F3N2OS. The van der Waals surface area contributed by atoms with Gasteiger partial charge in [0, 0.05) is 7.05 Å². The smallest absolute Gasteiger partial charge is 0.392 e. The molecule has 1 amide bonds. The van der Waals surface area contributed by atoms with E-state index in [1.807, 2.05) is 0 Å². The van der Waals surface area contributed by atoms with Crippen LogP contribution in [0.1, 0.15) is 19.3 Å². The number of carbonyl (C=O) groups is 1. The van der Waals surface area contributed by atoms with Crippen LogP contribution in [0.4, 0.5) is 13.2 Å². The normalized spacial score (nSPS) is 18.8. The van der Waals surface area contributed by atoms with Crippen molar-refractivity contribution in [1.82, 2.24) is 4.90 Å². The first kappa shape index (κ1) is 13.2. The molecule has 1 aliphatic rings. The summed E-state index contributed by atoms with van der Waals surface area (Å²) in [5.74, 6) is -0.622. The van der Waals surface area contributed by atoms with Crippen molar-refractivity contribution in [3.8, 4) is 0 Å². The molecule has 1 fully saturated rings. The fourth-order valence-corrected chi connectivity index (χ4v) is 2.09. The maximum atomic E-state index is 12.1. The molecule has 0 aliphatic heterocycles. The number of halogens is 3. The fourth-order valence-electron chi connectivity index (χ4n) is 1.80. The minimum atomic E-state index is -4.40. The highest BCUT2D eigenvalue weighted by molar-refractivity contribution is 7.80. The monoisotopic (exact) mass is 254 g/mol. The molecule has 0 radical (unpaired) electrons. The van der Waals surface area contributed by atoms with Crippen LogP contribution in [-0.2, 0) is 4.79 Å². The highest BCUT2D eigenvalue weighted by atomic mass is 32.1. The summed E-state index contributed by atoms with van der Waals surface area (Å²) in [6.45, 7) is -1.27. The SMILES string of the molecule is CN(CC(F)(F)F)C(=O)C1(C(N)=S)CCC1. The van der Waals surface area contributed by atoms with Gasteiger partial charge in [-0.05, 0) is 12.8 Å². The van der Waals surface area contributed by atoms with E-state index in [9.17, 15) is 18.0 Å². The largest absolute Gasteiger partial charge is 0.406 e. The lowest BCUT2D eigenvalue weighted by Crippen LogP contribution is -2.54. The summed E-state index contributed by atoms with van der Waals surface area (Å²) in [6, 6.07) is 0. The van der Waals surface area contributed by atoms with E-state index in [0.717, 1.165) is 13.5 Å². The zero-order valence-electron chi connectivity index (χ0n) is 8.80. The van der Waals surface area contributed by atoms with Crippen molar-refractivity contribution in [2.24, 2.45) is 11.1 Å². The standard InChI is InChI=1S/C9H13F3N2OS/c1-14(5-9(10,11)12)7(15)8(6(13)16)3-2-4-8/h2-5H2,1H3,(H2,13,16). The zero-order valence-corrected chi connectivity index (χ0v) is 9.62. The van der Waals surface area contributed by atoms with Crippen molar-refractivity contribution >= 4 is 23.1 Å². The number of hydrogen-bond acceptors (Lipinski definition) is 2. The van der Waals surface area contributed by atoms with E-state index in [-0.39, 0.29) is 4.99 Å². The van der Waals surface area contributed by atoms with Crippen molar-refractivity contribution < 1.29 is 18.0 Å². The van der Waals surface area contributed by atoms with Gasteiger partial charge in [0.15, 0.2) is 0 Å². The molecule has 2 N–H and O–H groups in total. The van der Waals surface area contributed by atoms with Crippen LogP contribution in [0.15, 0.2) is 0 Å². The Morgan fingerprint density at radius 2 is 2.00 bits per heavy atom. The van der Waals surface area contributed by atoms with Gasteiger partial charge in [-0.25, -0.2) is 0 Å². The second kappa shape index (κ2) is 4.20. The van der Waals surface area contributed by atoms with Crippen LogP contribution >= 0.6 is 12.2 Å². The summed E-state index contributed by atoms with van der Waals surface area (Å²) < 4.78 is 36.4. The molecule has 0 aromatic carbocycles. The number of rotatable bonds is 3. The third-order valence-electron chi connectivity index (χ3n) is 2.85. The van der Waals surface area contributed by atoms with Gasteiger partial charge in [0.2, 0.25) is 5.91 Å². The van der Waals surface area contributed by atoms with E-state index in [1.54, 1.807) is 0 Å². The van der Waals surface area contributed by atoms with E-state index in [0.29, 0.717) is 17.7 Å². The van der Waals surface area contributed by atoms with E-state index < -0.39 is 24.0 Å². The summed E-state index contributed by atoms with van der Waals surface area (Å²) >= 11 is 4.77. The number of nitrogens with zero attached hydrogens (tertiary/aromatic N) is 1. The molecule has 0 bridgehead atoms. The average molecular weight is 254 g/mol. The van der Waals surface area contributed by atoms with Gasteiger partial charge in [-0.1, -0.05) is 18.6 Å². The quantitative estimate of drug-likeness (QED) is 0.776. The van der Waals surface area contributed by atoms with Gasteiger partial charge in [-0.2, -0.15) is 13.2 Å². The second-order valence-electron chi connectivity index (χ2n) is 4.08. The summed E-state index contributed by atoms with van der Waals surface area (Å²) in [5.41, 5.74) is 4.41. The first-order valence-electron chi connectivity index (χ1n) is 4.81. The molecule has 0 aromatic heterocycles. The second-order valence-corrected chi connectivity index (χ2v) is 4.52. The molecule has 0 unspecified atom stereocenters. The van der Waals surface area contributed by atoms with E-state index in [4.69, 9.17) is 18.0 Å². The van der Waals surface area contributed by atoms with Crippen molar-refractivity contribution in [1.29, 1.82) is 0 Å². The highest BCUT2D eigenvalue weighted by Gasteiger charge is 2.49. The lowest BCUT2D eigenvalue weighted by molar-refractivity contribution is -0.164. The average Bonchev–Trinajstić information content (AvgIpc) is 1.97. The molecule has 1 rings (SSSR count). The van der Waals surface area contributed by atoms with Crippen molar-refractivity contribution in [3.63, 3.8) is 0 Å². The number of alkyl halides is 3. The van der Waals surface area contributed by atoms with Gasteiger partial charge >= 0.3 is 6.18 Å². The minimum absolute atomic E-state index is 0.00206. The van der Waals surface area contributed by atoms with Crippen molar-refractivity contribution in [3.05, 3.63) is 0 Å². The molecule has 0 heterocycles. The minimum Gasteiger partial charge on any atom is -0.392 e. The van der Waals surface area contributed by atoms with E-state index >= 15 is 0 Å². The number of amides is 1. The molecule has 92 valence electrons. The van der Waals surface area contributed by atoms with Crippen LogP contribution in [0.2, 0.25) is 0 Å². The van der Waals surface area contributed by atoms with Gasteiger partial charge < -0.3 is 10.6 Å². The molecular weight excluding hydrogens is 241 g/mol. The van der Waals surface area contributed by atoms with Crippen LogP contribution in [0.5, 0.6) is 0 Å². The number of nitrogens with two attached hydrogens (primary N) is 1. The summed E-state index contributed by atoms with van der Waals surface area (Å²) in [5, 5.41) is 0. The Bertz CT molecular complexity index is 312. The van der Waals surface area contributed by atoms with Crippen LogP contribution in [-0.4, -0.2) is 35.6 Å². The van der Waals surface area contributed by atoms with Gasteiger partial charge in [-0.15, -0.1) is 0 Å². The molecule has 1 saturated carbocycles. The van der Waals surface area contributed by atoms with Gasteiger partial charge in [-0.3, -0.25) is 4.79 Å². The number of thiocarbonyl (C=S) groups is 1. The van der Waals surface area contributed by atoms with Crippen LogP contribution in [0.25, 0.3) is 0 Å². The van der Waals surface area contributed by atoms with Gasteiger partial charge in [0.05, 0.1) is 10.4 Å². The lowest BCUT2D eigenvalue weighted by atomic mass is 9.67.